The number of aryl methyl sites for hydroxylation is 1. The van der Waals surface area contributed by atoms with Crippen LogP contribution in [0.2, 0.25) is 0 Å². The van der Waals surface area contributed by atoms with E-state index in [1.165, 1.54) is 44.1 Å². The summed E-state index contributed by atoms with van der Waals surface area (Å²) >= 11 is 0. The van der Waals surface area contributed by atoms with E-state index in [2.05, 4.69) is 25.1 Å². The minimum absolute atomic E-state index is 0.451. The lowest BCUT2D eigenvalue weighted by Crippen LogP contribution is -2.44. The molecule has 4 bridgehead atoms. The van der Waals surface area contributed by atoms with E-state index in [-0.39, 0.29) is 0 Å². The average molecular weight is 296 g/mol. The summed E-state index contributed by atoms with van der Waals surface area (Å²) in [5.74, 6) is 3.47. The number of hydrogen-bond donors (Lipinski definition) is 1. The molecule has 4 aliphatic carbocycles. The standard InChI is InChI=1S/C21H28O/c1-2-15-5-6-20(22)19(11-15)4-3-7-21-12-16-8-17(13-21)10-18(9-16)14-21/h3,5-7,11,16-18,22H,2,4,8-10,12-14H2,1H3. The molecule has 1 aromatic carbocycles. The summed E-state index contributed by atoms with van der Waals surface area (Å²) in [5, 5.41) is 10.1. The topological polar surface area (TPSA) is 20.2 Å². The SMILES string of the molecule is CCc1ccc(O)c(CC=CC23CC4CC(CC(C4)C2)C3)c1. The summed E-state index contributed by atoms with van der Waals surface area (Å²) in [6, 6.07) is 6.05. The van der Waals surface area contributed by atoms with E-state index in [0.717, 1.165) is 36.2 Å². The van der Waals surface area contributed by atoms with Gasteiger partial charge in [0.05, 0.1) is 0 Å². The van der Waals surface area contributed by atoms with Crippen LogP contribution < -0.4 is 0 Å². The van der Waals surface area contributed by atoms with Crippen LogP contribution in [0, 0.1) is 23.2 Å². The average Bonchev–Trinajstić information content (AvgIpc) is 2.47. The maximum atomic E-state index is 10.1. The van der Waals surface area contributed by atoms with Crippen LogP contribution in [-0.4, -0.2) is 5.11 Å². The van der Waals surface area contributed by atoms with Gasteiger partial charge in [-0.15, -0.1) is 0 Å². The van der Waals surface area contributed by atoms with E-state index in [9.17, 15) is 5.11 Å². The molecule has 1 nitrogen and oxygen atoms in total. The number of hydrogen-bond acceptors (Lipinski definition) is 1. The third-order valence-corrected chi connectivity index (χ3v) is 6.45. The Morgan fingerprint density at radius 2 is 1.73 bits per heavy atom. The molecule has 22 heavy (non-hydrogen) atoms. The van der Waals surface area contributed by atoms with E-state index in [1.807, 2.05) is 12.1 Å². The summed E-state index contributed by atoms with van der Waals surface area (Å²) in [4.78, 5) is 0. The van der Waals surface area contributed by atoms with E-state index in [1.54, 1.807) is 0 Å². The highest BCUT2D eigenvalue weighted by Gasteiger charge is 2.49. The Balaban J connectivity index is 1.48. The molecule has 0 spiro atoms. The lowest BCUT2D eigenvalue weighted by molar-refractivity contribution is -0.0238. The fraction of sp³-hybridized carbons (Fsp3) is 0.619. The summed E-state index contributed by atoms with van der Waals surface area (Å²) in [7, 11) is 0. The van der Waals surface area contributed by atoms with Crippen molar-refractivity contribution < 1.29 is 5.11 Å². The largest absolute Gasteiger partial charge is 0.508 e. The van der Waals surface area contributed by atoms with Crippen molar-refractivity contribution in [1.82, 2.24) is 0 Å². The molecule has 0 atom stereocenters. The van der Waals surface area contributed by atoms with E-state index in [4.69, 9.17) is 0 Å². The van der Waals surface area contributed by atoms with Crippen molar-refractivity contribution in [1.29, 1.82) is 0 Å². The van der Waals surface area contributed by atoms with Gasteiger partial charge in [0.1, 0.15) is 5.75 Å². The molecule has 1 heteroatoms. The Morgan fingerprint density at radius 1 is 1.09 bits per heavy atom. The molecule has 118 valence electrons. The van der Waals surface area contributed by atoms with Gasteiger partial charge in [0.25, 0.3) is 0 Å². The molecular formula is C21H28O. The number of allylic oxidation sites excluding steroid dienone is 2. The van der Waals surface area contributed by atoms with Crippen molar-refractivity contribution in [3.63, 3.8) is 0 Å². The molecule has 5 rings (SSSR count). The molecule has 4 aliphatic rings. The number of rotatable bonds is 4. The number of benzene rings is 1. The summed E-state index contributed by atoms with van der Waals surface area (Å²) in [6.45, 7) is 2.17. The van der Waals surface area contributed by atoms with Gasteiger partial charge in [0, 0.05) is 0 Å². The Kier molecular flexibility index (Phi) is 3.55. The monoisotopic (exact) mass is 296 g/mol. The van der Waals surface area contributed by atoms with Gasteiger partial charge in [-0.2, -0.15) is 0 Å². The molecular weight excluding hydrogens is 268 g/mol. The van der Waals surface area contributed by atoms with Crippen molar-refractivity contribution in [3.05, 3.63) is 41.5 Å². The molecule has 1 aromatic rings. The zero-order valence-electron chi connectivity index (χ0n) is 13.7. The fourth-order valence-electron chi connectivity index (χ4n) is 5.84. The first-order chi connectivity index (χ1) is 10.7. The summed E-state index contributed by atoms with van der Waals surface area (Å²) in [6.07, 6.45) is 15.6. The van der Waals surface area contributed by atoms with Crippen LogP contribution in [0.5, 0.6) is 5.75 Å². The van der Waals surface area contributed by atoms with Crippen LogP contribution in [0.15, 0.2) is 30.4 Å². The molecule has 0 heterocycles. The number of phenolic OH excluding ortho intramolecular Hbond substituents is 1. The van der Waals surface area contributed by atoms with Gasteiger partial charge >= 0.3 is 0 Å². The lowest BCUT2D eigenvalue weighted by atomic mass is 9.49. The molecule has 1 N–H and O–H groups in total. The van der Waals surface area contributed by atoms with Gasteiger partial charge in [0.2, 0.25) is 0 Å². The van der Waals surface area contributed by atoms with Crippen LogP contribution in [0.4, 0.5) is 0 Å². The predicted octanol–water partition coefficient (Wildman–Crippen LogP) is 5.27. The van der Waals surface area contributed by atoms with Crippen molar-refractivity contribution in [2.45, 2.75) is 58.3 Å². The molecule has 0 radical (unpaired) electrons. The van der Waals surface area contributed by atoms with Gasteiger partial charge in [-0.25, -0.2) is 0 Å². The first kappa shape index (κ1) is 14.4. The first-order valence-corrected chi connectivity index (χ1v) is 9.14. The van der Waals surface area contributed by atoms with Crippen LogP contribution in [0.3, 0.4) is 0 Å². The summed E-state index contributed by atoms with van der Waals surface area (Å²) in [5.41, 5.74) is 2.91. The molecule has 4 saturated carbocycles. The third-order valence-electron chi connectivity index (χ3n) is 6.45. The van der Waals surface area contributed by atoms with Gasteiger partial charge in [-0.05, 0) is 91.7 Å². The molecule has 0 saturated heterocycles. The Labute approximate surface area is 134 Å². The maximum absolute atomic E-state index is 10.1. The zero-order chi connectivity index (χ0) is 15.2. The Morgan fingerprint density at radius 3 is 2.32 bits per heavy atom. The van der Waals surface area contributed by atoms with Gasteiger partial charge in [-0.1, -0.05) is 31.2 Å². The second kappa shape index (κ2) is 5.44. The normalized spacial score (nSPS) is 36.3. The lowest BCUT2D eigenvalue weighted by Gasteiger charge is -2.56. The van der Waals surface area contributed by atoms with Crippen LogP contribution in [-0.2, 0) is 12.8 Å². The zero-order valence-corrected chi connectivity index (χ0v) is 13.7. The number of aromatic hydroxyl groups is 1. The quantitative estimate of drug-likeness (QED) is 0.750. The van der Waals surface area contributed by atoms with Crippen LogP contribution >= 0.6 is 0 Å². The van der Waals surface area contributed by atoms with Crippen LogP contribution in [0.1, 0.15) is 56.6 Å². The van der Waals surface area contributed by atoms with Gasteiger partial charge in [-0.3, -0.25) is 0 Å². The van der Waals surface area contributed by atoms with Gasteiger partial charge < -0.3 is 5.11 Å². The molecule has 0 unspecified atom stereocenters. The fourth-order valence-corrected chi connectivity index (χ4v) is 5.84. The maximum Gasteiger partial charge on any atom is 0.119 e. The summed E-state index contributed by atoms with van der Waals surface area (Å²) < 4.78 is 0. The smallest absolute Gasteiger partial charge is 0.119 e. The third kappa shape index (κ3) is 2.59. The van der Waals surface area contributed by atoms with Crippen molar-refractivity contribution in [2.24, 2.45) is 23.2 Å². The highest BCUT2D eigenvalue weighted by atomic mass is 16.3. The molecule has 4 fully saturated rings. The molecule has 0 aromatic heterocycles. The molecule has 0 amide bonds. The Hall–Kier alpha value is -1.24. The van der Waals surface area contributed by atoms with E-state index in [0.29, 0.717) is 11.2 Å². The number of phenols is 1. The minimum Gasteiger partial charge on any atom is -0.508 e. The van der Waals surface area contributed by atoms with Crippen molar-refractivity contribution in [2.75, 3.05) is 0 Å². The highest BCUT2D eigenvalue weighted by molar-refractivity contribution is 5.37. The van der Waals surface area contributed by atoms with E-state index < -0.39 is 0 Å². The van der Waals surface area contributed by atoms with Crippen molar-refractivity contribution >= 4 is 0 Å². The second-order valence-corrected chi connectivity index (χ2v) is 8.20. The van der Waals surface area contributed by atoms with Crippen molar-refractivity contribution in [3.8, 4) is 5.75 Å². The first-order valence-electron chi connectivity index (χ1n) is 9.14. The second-order valence-electron chi connectivity index (χ2n) is 8.20. The highest BCUT2D eigenvalue weighted by Crippen LogP contribution is 2.60. The van der Waals surface area contributed by atoms with Gasteiger partial charge in [0.15, 0.2) is 0 Å². The molecule has 0 aliphatic heterocycles. The van der Waals surface area contributed by atoms with E-state index >= 15 is 0 Å². The minimum atomic E-state index is 0.451. The van der Waals surface area contributed by atoms with Crippen LogP contribution in [0.25, 0.3) is 0 Å². The Bertz CT molecular complexity index is 548. The predicted molar refractivity (Wildman–Crippen MR) is 90.9 cm³/mol.